The van der Waals surface area contributed by atoms with E-state index in [1.807, 2.05) is 47.9 Å². The number of allylic oxidation sites excluding steroid dienone is 2. The van der Waals surface area contributed by atoms with E-state index in [1.165, 1.54) is 15.9 Å². The Kier molecular flexibility index (Phi) is 5.54. The SMILES string of the molecule is N#CCn1c(COC(=O)[C@@H]2CC=CCC2)nc2scc(-c3ccccc3)c2c1=O. The Morgan fingerprint density at radius 1 is 1.31 bits per heavy atom. The topological polar surface area (TPSA) is 85.0 Å². The van der Waals surface area contributed by atoms with E-state index < -0.39 is 0 Å². The molecule has 4 rings (SSSR count). The summed E-state index contributed by atoms with van der Waals surface area (Å²) in [6.07, 6.45) is 6.34. The molecule has 0 bridgehead atoms. The van der Waals surface area contributed by atoms with Gasteiger partial charge in [0.05, 0.1) is 17.4 Å². The second-order valence-corrected chi connectivity index (χ2v) is 7.72. The van der Waals surface area contributed by atoms with Crippen molar-refractivity contribution in [3.05, 3.63) is 64.0 Å². The number of rotatable bonds is 5. The minimum absolute atomic E-state index is 0.121. The van der Waals surface area contributed by atoms with E-state index >= 15 is 0 Å². The van der Waals surface area contributed by atoms with Crippen molar-refractivity contribution >= 4 is 27.5 Å². The first-order chi connectivity index (χ1) is 14.2. The molecule has 29 heavy (non-hydrogen) atoms. The van der Waals surface area contributed by atoms with Gasteiger partial charge in [0.25, 0.3) is 5.56 Å². The fraction of sp³-hybridized carbons (Fsp3) is 0.273. The zero-order valence-corrected chi connectivity index (χ0v) is 16.5. The number of hydrogen-bond acceptors (Lipinski definition) is 6. The lowest BCUT2D eigenvalue weighted by Crippen LogP contribution is -2.27. The van der Waals surface area contributed by atoms with Crippen LogP contribution in [-0.2, 0) is 22.7 Å². The number of nitriles is 1. The highest BCUT2D eigenvalue weighted by Crippen LogP contribution is 2.31. The molecule has 0 saturated carbocycles. The maximum atomic E-state index is 13.2. The van der Waals surface area contributed by atoms with Gasteiger partial charge in [-0.05, 0) is 24.8 Å². The predicted molar refractivity (Wildman–Crippen MR) is 111 cm³/mol. The molecule has 2 aromatic heterocycles. The maximum absolute atomic E-state index is 13.2. The molecule has 0 spiro atoms. The first-order valence-electron chi connectivity index (χ1n) is 9.44. The number of carbonyl (C=O) groups is 1. The van der Waals surface area contributed by atoms with Gasteiger partial charge < -0.3 is 4.74 Å². The molecule has 0 radical (unpaired) electrons. The number of aromatic nitrogens is 2. The number of ether oxygens (including phenoxy) is 1. The van der Waals surface area contributed by atoms with Crippen LogP contribution in [0.1, 0.15) is 25.1 Å². The molecule has 1 aromatic carbocycles. The Morgan fingerprint density at radius 2 is 2.14 bits per heavy atom. The first kappa shape index (κ1) is 19.1. The number of thiophene rings is 1. The van der Waals surface area contributed by atoms with E-state index in [9.17, 15) is 14.9 Å². The van der Waals surface area contributed by atoms with Gasteiger partial charge >= 0.3 is 5.97 Å². The number of esters is 1. The molecule has 1 aliphatic rings. The summed E-state index contributed by atoms with van der Waals surface area (Å²) in [4.78, 5) is 30.6. The Bertz CT molecular complexity index is 1170. The number of fused-ring (bicyclic) bond motifs is 1. The Balaban J connectivity index is 1.68. The zero-order valence-electron chi connectivity index (χ0n) is 15.7. The first-order valence-corrected chi connectivity index (χ1v) is 10.3. The van der Waals surface area contributed by atoms with Crippen LogP contribution in [0.3, 0.4) is 0 Å². The highest BCUT2D eigenvalue weighted by molar-refractivity contribution is 7.17. The average Bonchev–Trinajstić information content (AvgIpc) is 3.20. The van der Waals surface area contributed by atoms with E-state index in [-0.39, 0.29) is 30.6 Å². The van der Waals surface area contributed by atoms with Crippen LogP contribution in [0.25, 0.3) is 21.3 Å². The van der Waals surface area contributed by atoms with Crippen LogP contribution in [0.4, 0.5) is 0 Å². The summed E-state index contributed by atoms with van der Waals surface area (Å²) in [5, 5.41) is 11.6. The van der Waals surface area contributed by atoms with E-state index in [0.29, 0.717) is 22.5 Å². The molecule has 2 heterocycles. The molecule has 7 heteroatoms. The third-order valence-electron chi connectivity index (χ3n) is 5.03. The summed E-state index contributed by atoms with van der Waals surface area (Å²) < 4.78 is 6.75. The average molecular weight is 405 g/mol. The lowest BCUT2D eigenvalue weighted by molar-refractivity contribution is -0.150. The molecule has 1 atom stereocenters. The molecular formula is C22H19N3O3S. The summed E-state index contributed by atoms with van der Waals surface area (Å²) in [5.41, 5.74) is 1.43. The smallest absolute Gasteiger partial charge is 0.309 e. The van der Waals surface area contributed by atoms with Gasteiger partial charge in [0.2, 0.25) is 0 Å². The standard InChI is InChI=1S/C22H19N3O3S/c23-11-12-25-18(13-28-22(27)16-9-5-2-6-10-16)24-20-19(21(25)26)17(14-29-20)15-7-3-1-4-8-15/h1-5,7-8,14,16H,6,9-10,12-13H2/t16-/m1/s1. The van der Waals surface area contributed by atoms with Crippen molar-refractivity contribution in [1.82, 2.24) is 9.55 Å². The Morgan fingerprint density at radius 3 is 2.86 bits per heavy atom. The van der Waals surface area contributed by atoms with E-state index in [1.54, 1.807) is 0 Å². The van der Waals surface area contributed by atoms with Crippen molar-refractivity contribution in [2.75, 3.05) is 0 Å². The Hall–Kier alpha value is -3.24. The molecule has 0 saturated heterocycles. The van der Waals surface area contributed by atoms with Gasteiger partial charge in [-0.25, -0.2) is 4.98 Å². The van der Waals surface area contributed by atoms with Crippen molar-refractivity contribution < 1.29 is 9.53 Å². The summed E-state index contributed by atoms with van der Waals surface area (Å²) in [7, 11) is 0. The predicted octanol–water partition coefficient (Wildman–Crippen LogP) is 4.05. The molecular weight excluding hydrogens is 386 g/mol. The number of nitrogens with zero attached hydrogens (tertiary/aromatic N) is 3. The second-order valence-electron chi connectivity index (χ2n) is 6.86. The van der Waals surface area contributed by atoms with Crippen molar-refractivity contribution in [3.63, 3.8) is 0 Å². The highest BCUT2D eigenvalue weighted by Gasteiger charge is 2.22. The number of benzene rings is 1. The van der Waals surface area contributed by atoms with Gasteiger partial charge in [-0.2, -0.15) is 5.26 Å². The number of hydrogen-bond donors (Lipinski definition) is 0. The second kappa shape index (κ2) is 8.41. The maximum Gasteiger partial charge on any atom is 0.309 e. The van der Waals surface area contributed by atoms with Crippen LogP contribution in [0, 0.1) is 17.2 Å². The number of carbonyl (C=O) groups excluding carboxylic acids is 1. The van der Waals surface area contributed by atoms with Gasteiger partial charge in [-0.1, -0.05) is 42.5 Å². The van der Waals surface area contributed by atoms with Gasteiger partial charge in [0, 0.05) is 10.9 Å². The molecule has 0 aliphatic heterocycles. The van der Waals surface area contributed by atoms with Crippen molar-refractivity contribution in [3.8, 4) is 17.2 Å². The van der Waals surface area contributed by atoms with Gasteiger partial charge in [0.15, 0.2) is 5.82 Å². The van der Waals surface area contributed by atoms with Gasteiger partial charge in [-0.3, -0.25) is 14.2 Å². The lowest BCUT2D eigenvalue weighted by atomic mass is 9.95. The Labute approximate surface area is 171 Å². The monoisotopic (exact) mass is 405 g/mol. The van der Waals surface area contributed by atoms with Crippen molar-refractivity contribution in [2.45, 2.75) is 32.4 Å². The fourth-order valence-electron chi connectivity index (χ4n) is 3.50. The summed E-state index contributed by atoms with van der Waals surface area (Å²) in [6, 6.07) is 11.6. The minimum Gasteiger partial charge on any atom is -0.457 e. The molecule has 0 amide bonds. The van der Waals surface area contributed by atoms with Crippen molar-refractivity contribution in [2.24, 2.45) is 5.92 Å². The quantitative estimate of drug-likeness (QED) is 0.472. The molecule has 1 aliphatic carbocycles. The molecule has 0 N–H and O–H groups in total. The van der Waals surface area contributed by atoms with Crippen LogP contribution in [0.5, 0.6) is 0 Å². The highest BCUT2D eigenvalue weighted by atomic mass is 32.1. The normalized spacial score (nSPS) is 15.9. The summed E-state index contributed by atoms with van der Waals surface area (Å²) >= 11 is 1.37. The van der Waals surface area contributed by atoms with Crippen LogP contribution < -0.4 is 5.56 Å². The van der Waals surface area contributed by atoms with E-state index in [0.717, 1.165) is 24.0 Å². The molecule has 146 valence electrons. The minimum atomic E-state index is -0.289. The van der Waals surface area contributed by atoms with E-state index in [4.69, 9.17) is 4.74 Å². The van der Waals surface area contributed by atoms with Crippen LogP contribution >= 0.6 is 11.3 Å². The molecule has 0 unspecified atom stereocenters. The molecule has 6 nitrogen and oxygen atoms in total. The third-order valence-corrected chi connectivity index (χ3v) is 5.90. The van der Waals surface area contributed by atoms with Gasteiger partial charge in [-0.15, -0.1) is 11.3 Å². The lowest BCUT2D eigenvalue weighted by Gasteiger charge is -2.17. The van der Waals surface area contributed by atoms with Gasteiger partial charge in [0.1, 0.15) is 18.0 Å². The summed E-state index contributed by atoms with van der Waals surface area (Å²) in [5.74, 6) is -0.153. The third kappa shape index (κ3) is 3.84. The zero-order chi connectivity index (χ0) is 20.2. The van der Waals surface area contributed by atoms with Crippen molar-refractivity contribution in [1.29, 1.82) is 5.26 Å². The van der Waals surface area contributed by atoms with E-state index in [2.05, 4.69) is 11.1 Å². The largest absolute Gasteiger partial charge is 0.457 e. The van der Waals surface area contributed by atoms with Crippen LogP contribution in [-0.4, -0.2) is 15.5 Å². The van der Waals surface area contributed by atoms with Crippen LogP contribution in [0.2, 0.25) is 0 Å². The fourth-order valence-corrected chi connectivity index (χ4v) is 4.46. The molecule has 3 aromatic rings. The summed E-state index contributed by atoms with van der Waals surface area (Å²) in [6.45, 7) is -0.268. The van der Waals surface area contributed by atoms with Crippen LogP contribution in [0.15, 0.2) is 52.7 Å². The molecule has 0 fully saturated rings.